The molecule has 19 heavy (non-hydrogen) atoms. The first kappa shape index (κ1) is 13.3. The maximum absolute atomic E-state index is 12.1. The van der Waals surface area contributed by atoms with Crippen LogP contribution in [0.1, 0.15) is 11.4 Å². The van der Waals surface area contributed by atoms with Crippen LogP contribution in [0.3, 0.4) is 0 Å². The van der Waals surface area contributed by atoms with Crippen molar-refractivity contribution in [1.29, 1.82) is 0 Å². The second kappa shape index (κ2) is 5.67. The number of hydrogen-bond donors (Lipinski definition) is 2. The number of nitrogens with one attached hydrogen (secondary N) is 1. The van der Waals surface area contributed by atoms with Gasteiger partial charge >= 0.3 is 0 Å². The Balaban J connectivity index is 2.49. The fourth-order valence-electron chi connectivity index (χ4n) is 1.92. The van der Waals surface area contributed by atoms with Gasteiger partial charge in [-0.1, -0.05) is 24.3 Å². The van der Waals surface area contributed by atoms with Gasteiger partial charge in [0.25, 0.3) is 5.56 Å². The van der Waals surface area contributed by atoms with Crippen molar-refractivity contribution >= 4 is 0 Å². The molecule has 0 unspecified atom stereocenters. The van der Waals surface area contributed by atoms with Gasteiger partial charge in [-0.15, -0.1) is 0 Å². The van der Waals surface area contributed by atoms with Crippen molar-refractivity contribution in [2.45, 2.75) is 13.3 Å². The number of hydrogen-bond acceptors (Lipinski definition) is 4. The van der Waals surface area contributed by atoms with Gasteiger partial charge in [0.05, 0.1) is 6.61 Å². The van der Waals surface area contributed by atoms with Crippen molar-refractivity contribution in [1.82, 2.24) is 9.97 Å². The molecular formula is C14H16N2O3. The van der Waals surface area contributed by atoms with E-state index in [1.807, 2.05) is 25.1 Å². The van der Waals surface area contributed by atoms with Crippen LogP contribution in [-0.2, 0) is 11.2 Å². The number of methoxy groups -OCH3 is 1. The lowest BCUT2D eigenvalue weighted by molar-refractivity contribution is 0.200. The normalized spacial score (nSPS) is 10.6. The summed E-state index contributed by atoms with van der Waals surface area (Å²) in [7, 11) is 1.57. The van der Waals surface area contributed by atoms with E-state index in [1.54, 1.807) is 13.2 Å². The van der Waals surface area contributed by atoms with Gasteiger partial charge in [0, 0.05) is 13.5 Å². The molecule has 0 fully saturated rings. The molecule has 5 heteroatoms. The highest BCUT2D eigenvalue weighted by Gasteiger charge is 2.14. The van der Waals surface area contributed by atoms with Gasteiger partial charge in [-0.3, -0.25) is 4.79 Å². The fraction of sp³-hybridized carbons (Fsp3) is 0.286. The Hall–Kier alpha value is -2.14. The number of aromatic amines is 1. The van der Waals surface area contributed by atoms with Crippen LogP contribution in [0.15, 0.2) is 29.1 Å². The van der Waals surface area contributed by atoms with E-state index in [0.717, 1.165) is 5.56 Å². The topological polar surface area (TPSA) is 75.2 Å². The molecule has 0 aliphatic carbocycles. The predicted octanol–water partition coefficient (Wildman–Crippen LogP) is 1.64. The van der Waals surface area contributed by atoms with Crippen LogP contribution in [0.4, 0.5) is 0 Å². The van der Waals surface area contributed by atoms with Crippen molar-refractivity contribution < 1.29 is 9.84 Å². The Kier molecular flexibility index (Phi) is 3.97. The summed E-state index contributed by atoms with van der Waals surface area (Å²) in [4.78, 5) is 18.8. The average molecular weight is 260 g/mol. The Morgan fingerprint density at radius 1 is 1.37 bits per heavy atom. The summed E-state index contributed by atoms with van der Waals surface area (Å²) in [5, 5.41) is 9.98. The molecule has 1 aromatic heterocycles. The predicted molar refractivity (Wildman–Crippen MR) is 72.3 cm³/mol. The average Bonchev–Trinajstić information content (AvgIpc) is 2.38. The summed E-state index contributed by atoms with van der Waals surface area (Å²) in [6, 6.07) is 7.37. The summed E-state index contributed by atoms with van der Waals surface area (Å²) in [5.74, 6) is 0.172. The van der Waals surface area contributed by atoms with E-state index in [9.17, 15) is 9.90 Å². The van der Waals surface area contributed by atoms with Crippen molar-refractivity contribution in [3.8, 4) is 17.0 Å². The number of rotatable bonds is 4. The Morgan fingerprint density at radius 3 is 2.74 bits per heavy atom. The van der Waals surface area contributed by atoms with Crippen LogP contribution in [0.25, 0.3) is 11.1 Å². The molecule has 5 nitrogen and oxygen atoms in total. The van der Waals surface area contributed by atoms with Gasteiger partial charge in [-0.25, -0.2) is 0 Å². The summed E-state index contributed by atoms with van der Waals surface area (Å²) in [5.41, 5.74) is 1.47. The first-order valence-electron chi connectivity index (χ1n) is 6.00. The lowest BCUT2D eigenvalue weighted by atomic mass is 10.0. The lowest BCUT2D eigenvalue weighted by Crippen LogP contribution is -2.15. The summed E-state index contributed by atoms with van der Waals surface area (Å²) >= 11 is 0. The van der Waals surface area contributed by atoms with Crippen LogP contribution >= 0.6 is 0 Å². The van der Waals surface area contributed by atoms with E-state index < -0.39 is 0 Å². The molecule has 0 saturated heterocycles. The van der Waals surface area contributed by atoms with Gasteiger partial charge in [0.15, 0.2) is 0 Å². The van der Waals surface area contributed by atoms with Crippen molar-refractivity contribution in [2.75, 3.05) is 13.7 Å². The molecule has 0 atom stereocenters. The monoisotopic (exact) mass is 260 g/mol. The van der Waals surface area contributed by atoms with E-state index in [4.69, 9.17) is 4.74 Å². The number of ether oxygens (including phenoxy) is 1. The third-order valence-electron chi connectivity index (χ3n) is 2.91. The zero-order valence-corrected chi connectivity index (χ0v) is 10.9. The first-order chi connectivity index (χ1) is 9.13. The van der Waals surface area contributed by atoms with Gasteiger partial charge in [0.2, 0.25) is 5.88 Å². The molecule has 100 valence electrons. The van der Waals surface area contributed by atoms with E-state index >= 15 is 0 Å². The van der Waals surface area contributed by atoms with Crippen LogP contribution in [-0.4, -0.2) is 28.8 Å². The zero-order valence-electron chi connectivity index (χ0n) is 10.9. The highest BCUT2D eigenvalue weighted by atomic mass is 16.5. The first-order valence-corrected chi connectivity index (χ1v) is 6.00. The summed E-state index contributed by atoms with van der Waals surface area (Å²) < 4.78 is 4.92. The third-order valence-corrected chi connectivity index (χ3v) is 2.91. The molecule has 1 heterocycles. The van der Waals surface area contributed by atoms with Crippen molar-refractivity contribution in [3.63, 3.8) is 0 Å². The smallest absolute Gasteiger partial charge is 0.262 e. The highest BCUT2D eigenvalue weighted by Crippen LogP contribution is 2.26. The quantitative estimate of drug-likeness (QED) is 0.876. The molecule has 0 bridgehead atoms. The standard InChI is InChI=1S/C14H16N2O3/c1-9-5-3-4-6-10(9)12-13(17)15-11(7-8-19-2)16-14(12)18/h3-6H,7-8H2,1-2H3,(H2,15,16,17,18). The minimum atomic E-state index is -0.340. The molecule has 0 aliphatic rings. The number of aromatic nitrogens is 2. The molecule has 1 aromatic carbocycles. The van der Waals surface area contributed by atoms with Gasteiger partial charge < -0.3 is 14.8 Å². The minimum Gasteiger partial charge on any atom is -0.493 e. The van der Waals surface area contributed by atoms with Crippen LogP contribution < -0.4 is 5.56 Å². The highest BCUT2D eigenvalue weighted by molar-refractivity contribution is 5.70. The number of aromatic hydroxyl groups is 1. The zero-order chi connectivity index (χ0) is 13.8. The van der Waals surface area contributed by atoms with Gasteiger partial charge in [-0.05, 0) is 18.1 Å². The molecule has 0 radical (unpaired) electrons. The molecular weight excluding hydrogens is 244 g/mol. The number of benzene rings is 1. The molecule has 0 aliphatic heterocycles. The maximum Gasteiger partial charge on any atom is 0.262 e. The Bertz CT molecular complexity index is 635. The van der Waals surface area contributed by atoms with Crippen LogP contribution in [0, 0.1) is 6.92 Å². The van der Waals surface area contributed by atoms with E-state index in [0.29, 0.717) is 24.4 Å². The second-order valence-electron chi connectivity index (χ2n) is 4.27. The number of nitrogens with zero attached hydrogens (tertiary/aromatic N) is 1. The Morgan fingerprint density at radius 2 is 2.11 bits per heavy atom. The van der Waals surface area contributed by atoms with Crippen LogP contribution in [0.5, 0.6) is 5.88 Å². The third kappa shape index (κ3) is 2.82. The number of H-pyrrole nitrogens is 1. The second-order valence-corrected chi connectivity index (χ2v) is 4.27. The molecule has 0 spiro atoms. The van der Waals surface area contributed by atoms with E-state index in [1.165, 1.54) is 0 Å². The van der Waals surface area contributed by atoms with Crippen molar-refractivity contribution in [2.24, 2.45) is 0 Å². The largest absolute Gasteiger partial charge is 0.493 e. The molecule has 0 saturated carbocycles. The minimum absolute atomic E-state index is 0.208. The lowest BCUT2D eigenvalue weighted by Gasteiger charge is -2.08. The van der Waals surface area contributed by atoms with Gasteiger partial charge in [0.1, 0.15) is 11.4 Å². The van der Waals surface area contributed by atoms with Crippen molar-refractivity contribution in [3.05, 3.63) is 46.0 Å². The van der Waals surface area contributed by atoms with E-state index in [-0.39, 0.29) is 17.0 Å². The molecule has 0 amide bonds. The summed E-state index contributed by atoms with van der Waals surface area (Å²) in [6.07, 6.45) is 0.452. The molecule has 2 aromatic rings. The molecule has 2 rings (SSSR count). The Labute approximate surface area is 110 Å². The SMILES string of the molecule is COCCc1nc(O)c(-c2ccccc2C)c(=O)[nH]1. The van der Waals surface area contributed by atoms with Crippen LogP contribution in [0.2, 0.25) is 0 Å². The fourth-order valence-corrected chi connectivity index (χ4v) is 1.92. The van der Waals surface area contributed by atoms with E-state index in [2.05, 4.69) is 9.97 Å². The maximum atomic E-state index is 12.1. The number of aryl methyl sites for hydroxylation is 1. The molecule has 2 N–H and O–H groups in total. The van der Waals surface area contributed by atoms with Gasteiger partial charge in [-0.2, -0.15) is 4.98 Å². The summed E-state index contributed by atoms with van der Waals surface area (Å²) in [6.45, 7) is 2.32.